The van der Waals surface area contributed by atoms with E-state index in [0.29, 0.717) is 26.1 Å². The van der Waals surface area contributed by atoms with Gasteiger partial charge in [0.15, 0.2) is 0 Å². The first kappa shape index (κ1) is 18.3. The van der Waals surface area contributed by atoms with E-state index in [1.54, 1.807) is 11.8 Å². The Balaban J connectivity index is 2.16. The van der Waals surface area contributed by atoms with Gasteiger partial charge in [0.2, 0.25) is 0 Å². The maximum absolute atomic E-state index is 12.4. The van der Waals surface area contributed by atoms with Gasteiger partial charge in [-0.2, -0.15) is 0 Å². The predicted molar refractivity (Wildman–Crippen MR) is 91.7 cm³/mol. The molecule has 1 fully saturated rings. The first-order valence-electron chi connectivity index (χ1n) is 8.51. The SMILES string of the molecule is CCOC(=O)[C@@H]1CN(C(=O)OC(C)(C)C)CC[C@@H]1c1ccccc1. The van der Waals surface area contributed by atoms with Gasteiger partial charge in [-0.05, 0) is 39.7 Å². The minimum absolute atomic E-state index is 0.0592. The van der Waals surface area contributed by atoms with E-state index in [9.17, 15) is 9.59 Å². The van der Waals surface area contributed by atoms with E-state index >= 15 is 0 Å². The van der Waals surface area contributed by atoms with E-state index in [2.05, 4.69) is 0 Å². The van der Waals surface area contributed by atoms with Crippen LogP contribution >= 0.6 is 0 Å². The van der Waals surface area contributed by atoms with E-state index < -0.39 is 5.60 Å². The summed E-state index contributed by atoms with van der Waals surface area (Å²) in [7, 11) is 0. The molecule has 0 radical (unpaired) electrons. The molecule has 1 aromatic carbocycles. The number of benzene rings is 1. The van der Waals surface area contributed by atoms with Crippen LogP contribution in [0.2, 0.25) is 0 Å². The van der Waals surface area contributed by atoms with Crippen molar-refractivity contribution >= 4 is 12.1 Å². The number of piperidine rings is 1. The van der Waals surface area contributed by atoms with Crippen LogP contribution in [-0.2, 0) is 14.3 Å². The van der Waals surface area contributed by atoms with Gasteiger partial charge in [0.1, 0.15) is 5.60 Å². The van der Waals surface area contributed by atoms with Crippen LogP contribution in [0, 0.1) is 5.92 Å². The minimum Gasteiger partial charge on any atom is -0.466 e. The molecule has 0 bridgehead atoms. The standard InChI is InChI=1S/C19H27NO4/c1-5-23-17(21)16-13-20(18(22)24-19(2,3)4)12-11-15(16)14-9-7-6-8-10-14/h6-10,15-16H,5,11-13H2,1-4H3/t15-,16-/m1/s1. The number of carbonyl (C=O) groups excluding carboxylic acids is 2. The molecular weight excluding hydrogens is 306 g/mol. The number of carbonyl (C=O) groups is 2. The molecule has 5 heteroatoms. The molecule has 5 nitrogen and oxygen atoms in total. The van der Waals surface area contributed by atoms with Crippen molar-refractivity contribution in [2.75, 3.05) is 19.7 Å². The number of ether oxygens (including phenoxy) is 2. The van der Waals surface area contributed by atoms with Crippen LogP contribution in [-0.4, -0.2) is 42.3 Å². The van der Waals surface area contributed by atoms with Gasteiger partial charge in [0, 0.05) is 19.0 Å². The fourth-order valence-electron chi connectivity index (χ4n) is 3.03. The van der Waals surface area contributed by atoms with E-state index in [4.69, 9.17) is 9.47 Å². The minimum atomic E-state index is -0.549. The first-order chi connectivity index (χ1) is 11.3. The highest BCUT2D eigenvalue weighted by Crippen LogP contribution is 2.34. The molecule has 1 amide bonds. The number of hydrogen-bond donors (Lipinski definition) is 0. The summed E-state index contributed by atoms with van der Waals surface area (Å²) in [5.41, 5.74) is 0.562. The van der Waals surface area contributed by atoms with Gasteiger partial charge < -0.3 is 14.4 Å². The molecule has 0 aliphatic carbocycles. The Hall–Kier alpha value is -2.04. The second-order valence-corrected chi connectivity index (χ2v) is 7.09. The molecule has 0 spiro atoms. The van der Waals surface area contributed by atoms with Crippen LogP contribution in [0.3, 0.4) is 0 Å². The number of hydrogen-bond acceptors (Lipinski definition) is 4. The van der Waals surface area contributed by atoms with Crippen molar-refractivity contribution in [3.05, 3.63) is 35.9 Å². The zero-order valence-electron chi connectivity index (χ0n) is 15.0. The molecule has 0 aromatic heterocycles. The van der Waals surface area contributed by atoms with Gasteiger partial charge in [0.25, 0.3) is 0 Å². The van der Waals surface area contributed by atoms with E-state index in [1.165, 1.54) is 0 Å². The van der Waals surface area contributed by atoms with Gasteiger partial charge in [-0.3, -0.25) is 4.79 Å². The van der Waals surface area contributed by atoms with Crippen molar-refractivity contribution < 1.29 is 19.1 Å². The Bertz CT molecular complexity index is 564. The summed E-state index contributed by atoms with van der Waals surface area (Å²) in [4.78, 5) is 26.4. The molecule has 1 aliphatic rings. The lowest BCUT2D eigenvalue weighted by atomic mass is 9.80. The average molecular weight is 333 g/mol. The highest BCUT2D eigenvalue weighted by atomic mass is 16.6. The number of rotatable bonds is 3. The van der Waals surface area contributed by atoms with Crippen LogP contribution in [0.5, 0.6) is 0 Å². The van der Waals surface area contributed by atoms with Crippen LogP contribution < -0.4 is 0 Å². The average Bonchev–Trinajstić information content (AvgIpc) is 2.54. The highest BCUT2D eigenvalue weighted by molar-refractivity contribution is 5.76. The molecule has 1 saturated heterocycles. The first-order valence-corrected chi connectivity index (χ1v) is 8.51. The largest absolute Gasteiger partial charge is 0.466 e. The molecule has 132 valence electrons. The number of esters is 1. The Morgan fingerprint density at radius 2 is 1.88 bits per heavy atom. The van der Waals surface area contributed by atoms with Crippen LogP contribution in [0.4, 0.5) is 4.79 Å². The molecule has 1 aliphatic heterocycles. The maximum atomic E-state index is 12.4. The lowest BCUT2D eigenvalue weighted by Gasteiger charge is -2.38. The lowest BCUT2D eigenvalue weighted by molar-refractivity contribution is -0.150. The maximum Gasteiger partial charge on any atom is 0.410 e. The molecule has 0 unspecified atom stereocenters. The van der Waals surface area contributed by atoms with Crippen molar-refractivity contribution in [3.63, 3.8) is 0 Å². The third-order valence-corrected chi connectivity index (χ3v) is 4.08. The number of nitrogens with zero attached hydrogens (tertiary/aromatic N) is 1. The zero-order chi connectivity index (χ0) is 17.7. The summed E-state index contributed by atoms with van der Waals surface area (Å²) in [6.07, 6.45) is 0.343. The molecule has 2 rings (SSSR count). The third kappa shape index (κ3) is 4.73. The van der Waals surface area contributed by atoms with Crippen molar-refractivity contribution in [3.8, 4) is 0 Å². The fraction of sp³-hybridized carbons (Fsp3) is 0.579. The summed E-state index contributed by atoms with van der Waals surface area (Å²) < 4.78 is 10.7. The predicted octanol–water partition coefficient (Wildman–Crippen LogP) is 3.59. The molecule has 1 aromatic rings. The molecule has 24 heavy (non-hydrogen) atoms. The summed E-state index contributed by atoms with van der Waals surface area (Å²) in [6.45, 7) is 8.55. The van der Waals surface area contributed by atoms with E-state index in [0.717, 1.165) is 5.56 Å². The summed E-state index contributed by atoms with van der Waals surface area (Å²) in [5.74, 6) is -0.558. The van der Waals surface area contributed by atoms with Crippen LogP contribution in [0.25, 0.3) is 0 Å². The van der Waals surface area contributed by atoms with Crippen molar-refractivity contribution in [1.29, 1.82) is 0 Å². The van der Waals surface area contributed by atoms with Gasteiger partial charge in [-0.25, -0.2) is 4.79 Å². The Morgan fingerprint density at radius 1 is 1.21 bits per heavy atom. The Labute approximate surface area is 143 Å². The second-order valence-electron chi connectivity index (χ2n) is 7.09. The zero-order valence-corrected chi connectivity index (χ0v) is 15.0. The number of amides is 1. The second kappa shape index (κ2) is 7.69. The fourth-order valence-corrected chi connectivity index (χ4v) is 3.03. The summed E-state index contributed by atoms with van der Waals surface area (Å²) >= 11 is 0. The molecule has 0 saturated carbocycles. The van der Waals surface area contributed by atoms with Crippen LogP contribution in [0.15, 0.2) is 30.3 Å². The summed E-state index contributed by atoms with van der Waals surface area (Å²) in [5, 5.41) is 0. The third-order valence-electron chi connectivity index (χ3n) is 4.08. The van der Waals surface area contributed by atoms with Crippen molar-refractivity contribution in [2.45, 2.75) is 45.6 Å². The molecule has 2 atom stereocenters. The normalized spacial score (nSPS) is 21.2. The smallest absolute Gasteiger partial charge is 0.410 e. The lowest BCUT2D eigenvalue weighted by Crippen LogP contribution is -2.47. The Morgan fingerprint density at radius 3 is 2.46 bits per heavy atom. The van der Waals surface area contributed by atoms with Crippen molar-refractivity contribution in [2.24, 2.45) is 5.92 Å². The summed E-state index contributed by atoms with van der Waals surface area (Å²) in [6, 6.07) is 9.95. The molecular formula is C19H27NO4. The number of likely N-dealkylation sites (tertiary alicyclic amines) is 1. The van der Waals surface area contributed by atoms with Gasteiger partial charge in [-0.15, -0.1) is 0 Å². The monoisotopic (exact) mass is 333 g/mol. The molecule has 1 heterocycles. The van der Waals surface area contributed by atoms with E-state index in [1.807, 2.05) is 51.1 Å². The van der Waals surface area contributed by atoms with Gasteiger partial charge >= 0.3 is 12.1 Å². The van der Waals surface area contributed by atoms with E-state index in [-0.39, 0.29) is 23.9 Å². The van der Waals surface area contributed by atoms with Crippen molar-refractivity contribution in [1.82, 2.24) is 4.90 Å². The molecule has 0 N–H and O–H groups in total. The van der Waals surface area contributed by atoms with Gasteiger partial charge in [-0.1, -0.05) is 30.3 Å². The quantitative estimate of drug-likeness (QED) is 0.793. The topological polar surface area (TPSA) is 55.8 Å². The van der Waals surface area contributed by atoms with Gasteiger partial charge in [0.05, 0.1) is 12.5 Å². The van der Waals surface area contributed by atoms with Crippen LogP contribution in [0.1, 0.15) is 45.6 Å². The highest BCUT2D eigenvalue weighted by Gasteiger charge is 2.38. The Kier molecular flexibility index (Phi) is 5.86.